The molecule has 2 saturated heterocycles. The number of ether oxygens (including phenoxy) is 2. The van der Waals surface area contributed by atoms with Crippen LogP contribution in [0.2, 0.25) is 0 Å². The van der Waals surface area contributed by atoms with E-state index in [1.165, 1.54) is 0 Å². The molecule has 9 heteroatoms. The highest BCUT2D eigenvalue weighted by Gasteiger charge is 2.34. The number of hydrogen-bond acceptors (Lipinski definition) is 7. The first-order chi connectivity index (χ1) is 16.5. The summed E-state index contributed by atoms with van der Waals surface area (Å²) in [5, 5.41) is 2.43. The monoisotopic (exact) mass is 498 g/mol. The number of carbonyl (C=O) groups is 3. The number of benzene rings is 2. The zero-order chi connectivity index (χ0) is 23.9. The molecule has 4 rings (SSSR count). The van der Waals surface area contributed by atoms with Crippen molar-refractivity contribution in [1.29, 1.82) is 0 Å². The zero-order valence-corrected chi connectivity index (χ0v) is 20.5. The average Bonchev–Trinajstić information content (AvgIpc) is 3.47. The molecular formula is C25H26N2O5S2. The van der Waals surface area contributed by atoms with Crippen LogP contribution in [0.4, 0.5) is 4.79 Å². The van der Waals surface area contributed by atoms with Crippen molar-refractivity contribution >= 4 is 46.7 Å². The molecule has 2 aromatic carbocycles. The molecule has 1 unspecified atom stereocenters. The largest absolute Gasteiger partial charge is 0.491 e. The van der Waals surface area contributed by atoms with Crippen LogP contribution >= 0.6 is 23.5 Å². The Morgan fingerprint density at radius 3 is 2.65 bits per heavy atom. The van der Waals surface area contributed by atoms with E-state index < -0.39 is 0 Å². The van der Waals surface area contributed by atoms with Crippen molar-refractivity contribution in [2.75, 3.05) is 32.6 Å². The zero-order valence-electron chi connectivity index (χ0n) is 18.8. The second-order valence-corrected chi connectivity index (χ2v) is 9.71. The minimum Gasteiger partial charge on any atom is -0.491 e. The highest BCUT2D eigenvalue weighted by molar-refractivity contribution is 8.18. The summed E-state index contributed by atoms with van der Waals surface area (Å²) in [7, 11) is 0. The SMILES string of the molecule is CSc1ccc(C=C2SC(=O)N(CCNC(=O)c3ccc(OCC4CCCO4)cc3)C2=O)cc1. The average molecular weight is 499 g/mol. The smallest absolute Gasteiger partial charge is 0.293 e. The molecule has 0 aromatic heterocycles. The van der Waals surface area contributed by atoms with Crippen molar-refractivity contribution in [3.8, 4) is 5.75 Å². The minimum absolute atomic E-state index is 0.113. The van der Waals surface area contributed by atoms with Crippen LogP contribution in [0.1, 0.15) is 28.8 Å². The van der Waals surface area contributed by atoms with Gasteiger partial charge < -0.3 is 14.8 Å². The molecule has 2 fully saturated rings. The van der Waals surface area contributed by atoms with Gasteiger partial charge in [0.1, 0.15) is 12.4 Å². The number of nitrogens with zero attached hydrogens (tertiary/aromatic N) is 1. The van der Waals surface area contributed by atoms with E-state index >= 15 is 0 Å². The first-order valence-corrected chi connectivity index (χ1v) is 13.1. The van der Waals surface area contributed by atoms with Gasteiger partial charge in [0, 0.05) is 30.2 Å². The van der Waals surface area contributed by atoms with Gasteiger partial charge in [-0.1, -0.05) is 12.1 Å². The van der Waals surface area contributed by atoms with Crippen LogP contribution in [0.5, 0.6) is 5.75 Å². The molecular weight excluding hydrogens is 472 g/mol. The second-order valence-electron chi connectivity index (χ2n) is 7.83. The Labute approximate surface area is 207 Å². The molecule has 0 spiro atoms. The highest BCUT2D eigenvalue weighted by Crippen LogP contribution is 2.32. The van der Waals surface area contributed by atoms with Crippen molar-refractivity contribution in [1.82, 2.24) is 10.2 Å². The van der Waals surface area contributed by atoms with Gasteiger partial charge in [-0.15, -0.1) is 11.8 Å². The van der Waals surface area contributed by atoms with Gasteiger partial charge in [-0.2, -0.15) is 0 Å². The molecule has 2 aromatic rings. The molecule has 0 aliphatic carbocycles. The third-order valence-corrected chi connectivity index (χ3v) is 7.14. The molecule has 34 heavy (non-hydrogen) atoms. The van der Waals surface area contributed by atoms with Crippen LogP contribution in [0, 0.1) is 0 Å². The maximum atomic E-state index is 12.7. The summed E-state index contributed by atoms with van der Waals surface area (Å²) in [6.07, 6.45) is 5.91. The van der Waals surface area contributed by atoms with Crippen LogP contribution in [0.3, 0.4) is 0 Å². The van der Waals surface area contributed by atoms with E-state index in [1.807, 2.05) is 30.5 Å². The Hall–Kier alpha value is -2.75. The quantitative estimate of drug-likeness (QED) is 0.404. The summed E-state index contributed by atoms with van der Waals surface area (Å²) in [6.45, 7) is 1.57. The number of thioether (sulfide) groups is 2. The fourth-order valence-electron chi connectivity index (χ4n) is 3.60. The summed E-state index contributed by atoms with van der Waals surface area (Å²) in [5.74, 6) is 0.0627. The van der Waals surface area contributed by atoms with Gasteiger partial charge in [-0.05, 0) is 78.9 Å². The van der Waals surface area contributed by atoms with Gasteiger partial charge in [0.15, 0.2) is 0 Å². The van der Waals surface area contributed by atoms with E-state index in [-0.39, 0.29) is 36.2 Å². The fraction of sp³-hybridized carbons (Fsp3) is 0.320. The Morgan fingerprint density at radius 1 is 1.21 bits per heavy atom. The van der Waals surface area contributed by atoms with E-state index in [1.54, 1.807) is 42.1 Å². The fourth-order valence-corrected chi connectivity index (χ4v) is 4.87. The van der Waals surface area contributed by atoms with Crippen LogP contribution < -0.4 is 10.1 Å². The molecule has 7 nitrogen and oxygen atoms in total. The van der Waals surface area contributed by atoms with Crippen LogP contribution in [0.15, 0.2) is 58.3 Å². The third kappa shape index (κ3) is 6.22. The molecule has 1 N–H and O–H groups in total. The topological polar surface area (TPSA) is 84.9 Å². The predicted molar refractivity (Wildman–Crippen MR) is 134 cm³/mol. The van der Waals surface area contributed by atoms with Gasteiger partial charge in [-0.3, -0.25) is 19.3 Å². The number of amides is 3. The number of hydrogen-bond donors (Lipinski definition) is 1. The van der Waals surface area contributed by atoms with E-state index in [2.05, 4.69) is 5.32 Å². The van der Waals surface area contributed by atoms with Gasteiger partial charge in [-0.25, -0.2) is 0 Å². The van der Waals surface area contributed by atoms with Gasteiger partial charge in [0.05, 0.1) is 11.0 Å². The van der Waals surface area contributed by atoms with Crippen molar-refractivity contribution in [3.63, 3.8) is 0 Å². The lowest BCUT2D eigenvalue weighted by Crippen LogP contribution is -2.37. The molecule has 0 bridgehead atoms. The maximum Gasteiger partial charge on any atom is 0.293 e. The van der Waals surface area contributed by atoms with E-state index in [0.717, 1.165) is 46.6 Å². The number of nitrogens with one attached hydrogen (secondary N) is 1. The third-order valence-electron chi connectivity index (χ3n) is 5.48. The lowest BCUT2D eigenvalue weighted by Gasteiger charge is -2.13. The molecule has 1 atom stereocenters. The molecule has 178 valence electrons. The van der Waals surface area contributed by atoms with Crippen molar-refractivity contribution in [2.45, 2.75) is 23.8 Å². The summed E-state index contributed by atoms with van der Waals surface area (Å²) < 4.78 is 11.3. The minimum atomic E-state index is -0.342. The normalized spacial score (nSPS) is 19.1. The lowest BCUT2D eigenvalue weighted by molar-refractivity contribution is -0.122. The number of imide groups is 1. The summed E-state index contributed by atoms with van der Waals surface area (Å²) >= 11 is 2.55. The second kappa shape index (κ2) is 11.6. The number of carbonyl (C=O) groups excluding carboxylic acids is 3. The summed E-state index contributed by atoms with van der Waals surface area (Å²) in [6, 6.07) is 14.6. The molecule has 0 radical (unpaired) electrons. The highest BCUT2D eigenvalue weighted by atomic mass is 32.2. The first kappa shape index (κ1) is 24.4. The van der Waals surface area contributed by atoms with Gasteiger partial charge >= 0.3 is 0 Å². The van der Waals surface area contributed by atoms with Crippen LogP contribution in [-0.4, -0.2) is 60.6 Å². The number of rotatable bonds is 9. The predicted octanol–water partition coefficient (Wildman–Crippen LogP) is 4.43. The van der Waals surface area contributed by atoms with Gasteiger partial charge in [0.2, 0.25) is 0 Å². The Balaban J connectivity index is 1.25. The van der Waals surface area contributed by atoms with Crippen LogP contribution in [-0.2, 0) is 9.53 Å². The standard InChI is InChI=1S/C25H26N2O5S2/c1-33-21-10-4-17(5-11-21)15-22-24(29)27(25(30)34-22)13-12-26-23(28)18-6-8-19(9-7-18)32-16-20-3-2-14-31-20/h4-11,15,20H,2-3,12-14,16H2,1H3,(H,26,28). The maximum absolute atomic E-state index is 12.7. The summed E-state index contributed by atoms with van der Waals surface area (Å²) in [4.78, 5) is 40.1. The lowest BCUT2D eigenvalue weighted by atomic mass is 10.2. The van der Waals surface area contributed by atoms with Crippen molar-refractivity contribution < 1.29 is 23.9 Å². The van der Waals surface area contributed by atoms with Crippen LogP contribution in [0.25, 0.3) is 6.08 Å². The van der Waals surface area contributed by atoms with Crippen molar-refractivity contribution in [2.24, 2.45) is 0 Å². The molecule has 2 aliphatic heterocycles. The Kier molecular flexibility index (Phi) is 8.31. The molecule has 0 saturated carbocycles. The molecule has 2 aliphatic rings. The molecule has 3 amide bonds. The van der Waals surface area contributed by atoms with E-state index in [0.29, 0.717) is 22.8 Å². The van der Waals surface area contributed by atoms with Crippen molar-refractivity contribution in [3.05, 3.63) is 64.6 Å². The molecule has 2 heterocycles. The van der Waals surface area contributed by atoms with E-state index in [4.69, 9.17) is 9.47 Å². The van der Waals surface area contributed by atoms with Gasteiger partial charge in [0.25, 0.3) is 17.1 Å². The first-order valence-electron chi connectivity index (χ1n) is 11.1. The Morgan fingerprint density at radius 2 is 1.97 bits per heavy atom. The Bertz CT molecular complexity index is 1060. The van der Waals surface area contributed by atoms with E-state index in [9.17, 15) is 14.4 Å². The summed E-state index contributed by atoms with van der Waals surface area (Å²) in [5.41, 5.74) is 1.34.